The van der Waals surface area contributed by atoms with Crippen LogP contribution >= 0.6 is 29.7 Å². The van der Waals surface area contributed by atoms with E-state index in [1.54, 1.807) is 0 Å². The van der Waals surface area contributed by atoms with E-state index in [9.17, 15) is 0 Å². The summed E-state index contributed by atoms with van der Waals surface area (Å²) in [7, 11) is -5.57. The quantitative estimate of drug-likeness (QED) is 0.521. The summed E-state index contributed by atoms with van der Waals surface area (Å²) in [6, 6.07) is 0. The van der Waals surface area contributed by atoms with Gasteiger partial charge >= 0.3 is 108 Å². The van der Waals surface area contributed by atoms with Crippen LogP contribution in [0.25, 0.3) is 0 Å². The van der Waals surface area contributed by atoms with Crippen LogP contribution in [0.4, 0.5) is 0 Å². The molecule has 0 rings (SSSR count). The normalized spacial score (nSPS) is 14.4. The van der Waals surface area contributed by atoms with Crippen LogP contribution in [0, 0.1) is 0 Å². The molecular weight excluding hydrogens is 288 g/mol. The van der Waals surface area contributed by atoms with E-state index < -0.39 is 29.7 Å². The molecule has 0 aliphatic carbocycles. The van der Waals surface area contributed by atoms with Gasteiger partial charge in [0.2, 0.25) is 0 Å². The molecule has 0 spiro atoms. The summed E-state index contributed by atoms with van der Waals surface area (Å²) in [5, 5.41) is 0. The van der Waals surface area contributed by atoms with Crippen LogP contribution in [-0.4, -0.2) is 60.0 Å². The van der Waals surface area contributed by atoms with Gasteiger partial charge in [-0.2, -0.15) is 0 Å². The summed E-state index contributed by atoms with van der Waals surface area (Å²) in [5.74, 6) is 0. The Kier molecular flexibility index (Phi) is 6.59. The van der Waals surface area contributed by atoms with Gasteiger partial charge in [0, 0.05) is 0 Å². The minimum atomic E-state index is -1.81. The fourth-order valence-corrected chi connectivity index (χ4v) is 16.5. The summed E-state index contributed by atoms with van der Waals surface area (Å²) in [6.45, 7) is 20.9. The fourth-order valence-electron chi connectivity index (χ4n) is 1.75. The van der Waals surface area contributed by atoms with Gasteiger partial charge in [-0.25, -0.2) is 0 Å². The van der Waals surface area contributed by atoms with Gasteiger partial charge < -0.3 is 0 Å². The number of hydrogen-bond acceptors (Lipinski definition) is 2. The van der Waals surface area contributed by atoms with Gasteiger partial charge in [0.25, 0.3) is 0 Å². The van der Waals surface area contributed by atoms with Gasteiger partial charge in [0.1, 0.15) is 0 Å². The van der Waals surface area contributed by atoms with Gasteiger partial charge in [-0.3, -0.25) is 0 Å². The van der Waals surface area contributed by atoms with Crippen LogP contribution in [0.5, 0.6) is 0 Å². The Hall–Kier alpha value is 0.790. The topological polar surface area (TPSA) is 49.4 Å². The number of rotatable bonds is 4. The first-order valence-corrected chi connectivity index (χ1v) is 16.1. The Bertz CT molecular complexity index is 420. The average molecular weight is 316 g/mol. The molecule has 0 amide bonds. The molecule has 0 atom stereocenters. The molecule has 0 unspecified atom stereocenters. The van der Waals surface area contributed by atoms with E-state index >= 15 is 0 Å². The fraction of sp³-hybridized carbons (Fsp3) is 0.889. The monoisotopic (exact) mass is 316 g/mol. The van der Waals surface area contributed by atoms with Crippen molar-refractivity contribution in [2.75, 3.05) is 53.3 Å². The van der Waals surface area contributed by atoms with Crippen molar-refractivity contribution in [3.63, 3.8) is 0 Å². The molecule has 8 heteroatoms. The molecule has 0 aromatic rings. The van der Waals surface area contributed by atoms with Crippen molar-refractivity contribution in [3.8, 4) is 0 Å². The van der Waals surface area contributed by atoms with Crippen molar-refractivity contribution in [1.82, 2.24) is 0 Å². The predicted octanol–water partition coefficient (Wildman–Crippen LogP) is 4.94. The zero-order valence-electron chi connectivity index (χ0n) is 12.4. The summed E-state index contributed by atoms with van der Waals surface area (Å²) >= 11 is 0. The second kappa shape index (κ2) is 6.29. The van der Waals surface area contributed by atoms with Gasteiger partial charge in [0.05, 0.1) is 0 Å². The zero-order chi connectivity index (χ0) is 13.9. The molecule has 0 aromatic heterocycles. The molecule has 0 fully saturated rings. The van der Waals surface area contributed by atoms with Crippen molar-refractivity contribution in [1.29, 1.82) is 0 Å². The average Bonchev–Trinajstić information content (AvgIpc) is 1.96. The van der Waals surface area contributed by atoms with Crippen molar-refractivity contribution >= 4 is 36.4 Å². The molecule has 104 valence electrons. The van der Waals surface area contributed by atoms with E-state index in [1.807, 2.05) is 0 Å². The molecule has 17 heavy (non-hydrogen) atoms. The number of nitrogens with zero attached hydrogens (tertiary/aromatic N) is 4. The minimum absolute atomic E-state index is 0.569. The molecular formula is C9H28N4P4. The molecule has 0 heterocycles. The van der Waals surface area contributed by atoms with Gasteiger partial charge in [-0.1, -0.05) is 0 Å². The second-order valence-electron chi connectivity index (χ2n) is 5.56. The first kappa shape index (κ1) is 17.8. The molecule has 0 N–H and O–H groups in total. The molecule has 0 aromatic carbocycles. The Balaban J connectivity index is 5.55. The van der Waals surface area contributed by atoms with Crippen molar-refractivity contribution in [2.45, 2.75) is 0 Å². The first-order chi connectivity index (χ1) is 7.39. The molecule has 4 nitrogen and oxygen atoms in total. The molecule has 0 saturated heterocycles. The van der Waals surface area contributed by atoms with Crippen LogP contribution in [0.2, 0.25) is 0 Å². The summed E-state index contributed by atoms with van der Waals surface area (Å²) in [4.78, 5) is 0. The van der Waals surface area contributed by atoms with Crippen LogP contribution in [0.15, 0.2) is 18.3 Å². The Labute approximate surface area is 108 Å². The van der Waals surface area contributed by atoms with E-state index in [4.69, 9.17) is 13.5 Å². The van der Waals surface area contributed by atoms with Gasteiger partial charge in [0.15, 0.2) is 0 Å². The van der Waals surface area contributed by atoms with E-state index in [1.165, 1.54) is 0 Å². The summed E-state index contributed by atoms with van der Waals surface area (Å²) < 4.78 is 18.9. The van der Waals surface area contributed by atoms with E-state index in [0.717, 1.165) is 0 Å². The number of hydrogen-bond donors (Lipinski definition) is 0. The van der Waals surface area contributed by atoms with Crippen LogP contribution in [0.1, 0.15) is 0 Å². The van der Waals surface area contributed by atoms with Gasteiger partial charge in [-0.15, -0.1) is 0 Å². The van der Waals surface area contributed by atoms with Crippen LogP contribution in [0.3, 0.4) is 0 Å². The standard InChI is InChI=1S/C9H28N4P4/c1-10-15(4,5)12-17(8,9)13-16(6,7)11-14(2)3/h14,16H,1H2,2-9H3. The van der Waals surface area contributed by atoms with Crippen molar-refractivity contribution in [2.24, 2.45) is 18.3 Å². The zero-order valence-corrected chi connectivity index (χ0v) is 16.2. The van der Waals surface area contributed by atoms with E-state index in [0.29, 0.717) is 0 Å². The SMILES string of the molecule is C=NP(C)(C)=NP(C)(C)=N[PH](C)(C)N=[PH](C)C. The van der Waals surface area contributed by atoms with Crippen molar-refractivity contribution in [3.05, 3.63) is 0 Å². The van der Waals surface area contributed by atoms with Crippen LogP contribution < -0.4 is 0 Å². The molecule has 0 radical (unpaired) electrons. The molecule has 0 aliphatic heterocycles. The second-order valence-corrected chi connectivity index (χ2v) is 18.5. The van der Waals surface area contributed by atoms with Crippen molar-refractivity contribution < 1.29 is 0 Å². The summed E-state index contributed by atoms with van der Waals surface area (Å²) in [6.07, 6.45) is 0. The Morgan fingerprint density at radius 2 is 1.47 bits per heavy atom. The Morgan fingerprint density at radius 1 is 1.00 bits per heavy atom. The third kappa shape index (κ3) is 8.50. The van der Waals surface area contributed by atoms with Crippen LogP contribution in [-0.2, 0) is 0 Å². The van der Waals surface area contributed by atoms with E-state index in [-0.39, 0.29) is 0 Å². The first-order valence-electron chi connectivity index (χ1n) is 5.58. The van der Waals surface area contributed by atoms with E-state index in [2.05, 4.69) is 64.8 Å². The summed E-state index contributed by atoms with van der Waals surface area (Å²) in [5.41, 5.74) is 0. The third-order valence-electron chi connectivity index (χ3n) is 1.77. The Morgan fingerprint density at radius 3 is 1.82 bits per heavy atom. The molecule has 0 bridgehead atoms. The molecule has 0 aliphatic rings. The molecule has 0 saturated carbocycles. The maximum atomic E-state index is 5.00. The predicted molar refractivity (Wildman–Crippen MR) is 94.7 cm³/mol. The van der Waals surface area contributed by atoms with Gasteiger partial charge in [-0.05, 0) is 0 Å². The third-order valence-corrected chi connectivity index (χ3v) is 13.9. The maximum absolute atomic E-state index is 5.00.